The highest BCUT2D eigenvalue weighted by Gasteiger charge is 2.40. The number of aliphatic hydroxyl groups is 1. The van der Waals surface area contributed by atoms with Crippen molar-refractivity contribution in [1.82, 2.24) is 9.88 Å². The molecule has 0 spiro atoms. The zero-order valence-corrected chi connectivity index (χ0v) is 19.1. The highest BCUT2D eigenvalue weighted by Crippen LogP contribution is 2.36. The molecule has 3 rings (SSSR count). The first kappa shape index (κ1) is 25.2. The minimum atomic E-state index is -4.55. The second-order valence-electron chi connectivity index (χ2n) is 8.19. The van der Waals surface area contributed by atoms with Crippen LogP contribution in [0.15, 0.2) is 28.9 Å². The molecule has 33 heavy (non-hydrogen) atoms. The molecule has 182 valence electrons. The van der Waals surface area contributed by atoms with Crippen molar-refractivity contribution in [2.45, 2.75) is 77.0 Å². The fraction of sp³-hybridized carbons (Fsp3) is 0.545. The zero-order chi connectivity index (χ0) is 24.3. The lowest BCUT2D eigenvalue weighted by molar-refractivity contribution is -0.137. The van der Waals surface area contributed by atoms with Gasteiger partial charge in [-0.1, -0.05) is 25.4 Å². The Labute approximate surface area is 194 Å². The molecule has 0 saturated carbocycles. The van der Waals surface area contributed by atoms with Gasteiger partial charge < -0.3 is 24.4 Å². The second-order valence-corrected chi connectivity index (χ2v) is 8.63. The summed E-state index contributed by atoms with van der Waals surface area (Å²) in [5.74, 6) is 0. The monoisotopic (exact) mass is 489 g/mol. The van der Waals surface area contributed by atoms with Crippen molar-refractivity contribution >= 4 is 23.7 Å². The van der Waals surface area contributed by atoms with Crippen molar-refractivity contribution in [2.75, 3.05) is 4.90 Å². The number of benzene rings is 1. The molecule has 7 nitrogen and oxygen atoms in total. The molecule has 1 aliphatic heterocycles. The molecule has 2 atom stereocenters. The molecule has 11 heteroatoms. The number of aliphatic hydroxyl groups excluding tert-OH is 1. The van der Waals surface area contributed by atoms with Gasteiger partial charge in [-0.05, 0) is 49.4 Å². The van der Waals surface area contributed by atoms with Crippen molar-refractivity contribution in [2.24, 2.45) is 0 Å². The van der Waals surface area contributed by atoms with Gasteiger partial charge in [0.2, 0.25) is 0 Å². The van der Waals surface area contributed by atoms with Crippen LogP contribution in [0.25, 0.3) is 0 Å². The predicted octanol–water partition coefficient (Wildman–Crippen LogP) is 5.55. The topological polar surface area (TPSA) is 90.0 Å². The van der Waals surface area contributed by atoms with E-state index in [9.17, 15) is 28.2 Å². The highest BCUT2D eigenvalue weighted by atomic mass is 35.5. The summed E-state index contributed by atoms with van der Waals surface area (Å²) in [6.45, 7) is 3.49. The lowest BCUT2D eigenvalue weighted by Gasteiger charge is -2.46. The smallest absolute Gasteiger partial charge is 0.416 e. The maximum atomic E-state index is 13.3. The van der Waals surface area contributed by atoms with Gasteiger partial charge in [0.1, 0.15) is 12.0 Å². The molecule has 1 aromatic carbocycles. The van der Waals surface area contributed by atoms with Gasteiger partial charge in [-0.3, -0.25) is 0 Å². The number of alkyl halides is 3. The average molecular weight is 490 g/mol. The van der Waals surface area contributed by atoms with Crippen LogP contribution in [0.4, 0.5) is 24.0 Å². The summed E-state index contributed by atoms with van der Waals surface area (Å²) in [6.07, 6.45) is -2.13. The summed E-state index contributed by atoms with van der Waals surface area (Å²) in [5, 5.41) is 19.1. The third kappa shape index (κ3) is 5.73. The Morgan fingerprint density at radius 3 is 2.36 bits per heavy atom. The minimum absolute atomic E-state index is 0.0274. The van der Waals surface area contributed by atoms with E-state index in [-0.39, 0.29) is 42.3 Å². The number of likely N-dealkylation sites (tertiary alicyclic amines) is 1. The van der Waals surface area contributed by atoms with Crippen LogP contribution in [0.3, 0.4) is 0 Å². The quantitative estimate of drug-likeness (QED) is 0.530. The third-order valence-corrected chi connectivity index (χ3v) is 6.28. The van der Waals surface area contributed by atoms with Gasteiger partial charge in [0, 0.05) is 29.7 Å². The molecule has 1 amide bonds. The molecule has 0 aliphatic carbocycles. The van der Waals surface area contributed by atoms with Crippen LogP contribution in [-0.2, 0) is 19.3 Å². The number of oxazole rings is 1. The van der Waals surface area contributed by atoms with Crippen molar-refractivity contribution < 1.29 is 32.6 Å². The second kappa shape index (κ2) is 10.2. The van der Waals surface area contributed by atoms with Gasteiger partial charge in [0.15, 0.2) is 0 Å². The number of nitrogens with zero attached hydrogens (tertiary/aromatic N) is 3. The number of hydrogen-bond acceptors (Lipinski definition) is 5. The lowest BCUT2D eigenvalue weighted by Crippen LogP contribution is -2.56. The summed E-state index contributed by atoms with van der Waals surface area (Å²) in [5.41, 5.74) is -0.244. The molecule has 1 aromatic heterocycles. The molecule has 2 N–H and O–H groups in total. The predicted molar refractivity (Wildman–Crippen MR) is 116 cm³/mol. The number of piperidine rings is 1. The van der Waals surface area contributed by atoms with Crippen LogP contribution in [0.2, 0.25) is 5.02 Å². The Balaban J connectivity index is 1.99. The summed E-state index contributed by atoms with van der Waals surface area (Å²) in [7, 11) is 0. The Hall–Kier alpha value is -2.46. The number of carboxylic acid groups (broad SMARTS) is 1. The van der Waals surface area contributed by atoms with Crippen LogP contribution in [0, 0.1) is 0 Å². The van der Waals surface area contributed by atoms with Crippen molar-refractivity contribution in [3.63, 3.8) is 0 Å². The first-order valence-corrected chi connectivity index (χ1v) is 11.1. The molecule has 1 saturated heterocycles. The van der Waals surface area contributed by atoms with E-state index in [1.165, 1.54) is 17.2 Å². The van der Waals surface area contributed by atoms with Gasteiger partial charge in [0.25, 0.3) is 6.01 Å². The van der Waals surface area contributed by atoms with Crippen LogP contribution in [-0.4, -0.2) is 44.3 Å². The van der Waals surface area contributed by atoms with Gasteiger partial charge in [-0.25, -0.2) is 4.79 Å². The molecule has 0 bridgehead atoms. The van der Waals surface area contributed by atoms with Crippen molar-refractivity contribution in [3.8, 4) is 0 Å². The molecule has 2 aromatic rings. The molecular weight excluding hydrogens is 463 g/mol. The number of halogens is 4. The maximum absolute atomic E-state index is 13.3. The van der Waals surface area contributed by atoms with Crippen molar-refractivity contribution in [1.29, 1.82) is 0 Å². The first-order chi connectivity index (χ1) is 15.6. The Morgan fingerprint density at radius 2 is 1.88 bits per heavy atom. The van der Waals surface area contributed by atoms with Gasteiger partial charge in [-0.2, -0.15) is 18.2 Å². The van der Waals surface area contributed by atoms with E-state index in [1.807, 2.05) is 13.8 Å². The van der Waals surface area contributed by atoms with E-state index in [4.69, 9.17) is 16.0 Å². The molecule has 2 unspecified atom stereocenters. The van der Waals surface area contributed by atoms with E-state index in [1.54, 1.807) is 4.90 Å². The number of carbonyl (C=O) groups is 1. The molecule has 0 radical (unpaired) electrons. The summed E-state index contributed by atoms with van der Waals surface area (Å²) >= 11 is 5.98. The number of anilines is 1. The molecular formula is C22H27ClF3N3O4. The lowest BCUT2D eigenvalue weighted by atomic mass is 9.88. The largest absolute Gasteiger partial charge is 0.465 e. The Morgan fingerprint density at radius 1 is 1.24 bits per heavy atom. The average Bonchev–Trinajstić information content (AvgIpc) is 3.24. The van der Waals surface area contributed by atoms with E-state index < -0.39 is 17.8 Å². The number of hydrogen-bond donors (Lipinski definition) is 2. The Bertz CT molecular complexity index is 955. The summed E-state index contributed by atoms with van der Waals surface area (Å²) < 4.78 is 45.6. The SMILES string of the molecule is CCC1CC(N(Cc2cc(Cl)cc(C(F)(F)F)c2)c2nc(CO)co2)CC(CC)N1C(=O)O. The molecule has 2 heterocycles. The standard InChI is InChI=1S/C22H27ClF3N3O4/c1-3-17-8-19(9-18(4-2)29(17)21(31)32)28(20-27-16(11-30)12-33-20)10-13-5-14(22(24,25)26)7-15(23)6-13/h5-7,12,17-19,30H,3-4,8-11H2,1-2H3,(H,31,32). The van der Waals surface area contributed by atoms with E-state index in [0.29, 0.717) is 36.9 Å². The summed E-state index contributed by atoms with van der Waals surface area (Å²) in [4.78, 5) is 19.4. The van der Waals surface area contributed by atoms with Gasteiger partial charge in [0.05, 0.1) is 12.2 Å². The number of rotatable bonds is 7. The number of amides is 1. The fourth-order valence-electron chi connectivity index (χ4n) is 4.50. The number of aromatic nitrogens is 1. The van der Waals surface area contributed by atoms with Gasteiger partial charge >= 0.3 is 12.3 Å². The van der Waals surface area contributed by atoms with Crippen LogP contribution in [0.1, 0.15) is 56.4 Å². The van der Waals surface area contributed by atoms with E-state index >= 15 is 0 Å². The highest BCUT2D eigenvalue weighted by molar-refractivity contribution is 6.30. The first-order valence-electron chi connectivity index (χ1n) is 10.8. The minimum Gasteiger partial charge on any atom is -0.465 e. The van der Waals surface area contributed by atoms with Crippen LogP contribution >= 0.6 is 11.6 Å². The van der Waals surface area contributed by atoms with Gasteiger partial charge in [-0.15, -0.1) is 0 Å². The summed E-state index contributed by atoms with van der Waals surface area (Å²) in [6, 6.07) is 2.77. The van der Waals surface area contributed by atoms with Crippen LogP contribution < -0.4 is 4.90 Å². The van der Waals surface area contributed by atoms with Crippen LogP contribution in [0.5, 0.6) is 0 Å². The van der Waals surface area contributed by atoms with E-state index in [0.717, 1.165) is 12.1 Å². The molecule has 1 aliphatic rings. The zero-order valence-electron chi connectivity index (χ0n) is 18.3. The Kier molecular flexibility index (Phi) is 7.79. The normalized spacial score (nSPS) is 21.3. The fourth-order valence-corrected chi connectivity index (χ4v) is 4.76. The third-order valence-electron chi connectivity index (χ3n) is 6.06. The van der Waals surface area contributed by atoms with E-state index in [2.05, 4.69) is 4.98 Å². The van der Waals surface area contributed by atoms with Crippen molar-refractivity contribution in [3.05, 3.63) is 46.3 Å². The maximum Gasteiger partial charge on any atom is 0.416 e. The molecule has 1 fully saturated rings.